The van der Waals surface area contributed by atoms with E-state index in [0.717, 1.165) is 5.56 Å². The van der Waals surface area contributed by atoms with Crippen LogP contribution in [-0.4, -0.2) is 34.6 Å². The van der Waals surface area contributed by atoms with Crippen LogP contribution in [0.2, 0.25) is 0 Å². The van der Waals surface area contributed by atoms with Crippen LogP contribution < -0.4 is 15.5 Å². The lowest BCUT2D eigenvalue weighted by Gasteiger charge is -2.15. The molecule has 1 saturated heterocycles. The van der Waals surface area contributed by atoms with Crippen LogP contribution in [0.25, 0.3) is 0 Å². The van der Waals surface area contributed by atoms with Gasteiger partial charge >= 0.3 is 6.03 Å². The normalized spacial score (nSPS) is 16.5. The first-order valence-corrected chi connectivity index (χ1v) is 7.57. The Bertz CT molecular complexity index is 764. The quantitative estimate of drug-likeness (QED) is 0.571. The van der Waals surface area contributed by atoms with Gasteiger partial charge in [0.2, 0.25) is 0 Å². The summed E-state index contributed by atoms with van der Waals surface area (Å²) < 4.78 is 18.5. The van der Waals surface area contributed by atoms with E-state index >= 15 is 0 Å². The molecule has 3 rings (SSSR count). The lowest BCUT2D eigenvalue weighted by Crippen LogP contribution is -2.41. The maximum atomic E-state index is 12.9. The Kier molecular flexibility index (Phi) is 4.80. The molecule has 7 nitrogen and oxygen atoms in total. The summed E-state index contributed by atoms with van der Waals surface area (Å²) in [6.07, 6.45) is 0. The van der Waals surface area contributed by atoms with E-state index in [4.69, 9.17) is 9.94 Å². The Labute approximate surface area is 143 Å². The molecule has 130 valence electrons. The van der Waals surface area contributed by atoms with Gasteiger partial charge in [0.15, 0.2) is 0 Å². The second-order valence-electron chi connectivity index (χ2n) is 5.56. The number of rotatable bonds is 5. The Morgan fingerprint density at radius 2 is 1.80 bits per heavy atom. The predicted octanol–water partition coefficient (Wildman–Crippen LogP) is 2.02. The van der Waals surface area contributed by atoms with E-state index in [0.29, 0.717) is 18.0 Å². The number of amides is 3. The smallest absolute Gasteiger partial charge is 0.318 e. The van der Waals surface area contributed by atoms with Crippen molar-refractivity contribution in [3.05, 3.63) is 59.9 Å². The van der Waals surface area contributed by atoms with Crippen molar-refractivity contribution in [1.29, 1.82) is 0 Å². The number of nitrogens with zero attached hydrogens (tertiary/aromatic N) is 1. The van der Waals surface area contributed by atoms with Crippen LogP contribution in [0, 0.1) is 5.82 Å². The third-order valence-corrected chi connectivity index (χ3v) is 3.76. The van der Waals surface area contributed by atoms with Gasteiger partial charge in [0.1, 0.15) is 23.4 Å². The van der Waals surface area contributed by atoms with Gasteiger partial charge in [0.05, 0.1) is 6.54 Å². The summed E-state index contributed by atoms with van der Waals surface area (Å²) in [5.41, 5.74) is 2.38. The molecule has 1 aliphatic rings. The van der Waals surface area contributed by atoms with Gasteiger partial charge in [-0.1, -0.05) is 12.1 Å². The molecule has 8 heteroatoms. The van der Waals surface area contributed by atoms with Gasteiger partial charge in [-0.15, -0.1) is 0 Å². The van der Waals surface area contributed by atoms with E-state index in [1.54, 1.807) is 24.3 Å². The zero-order valence-corrected chi connectivity index (χ0v) is 13.1. The van der Waals surface area contributed by atoms with Crippen molar-refractivity contribution in [2.45, 2.75) is 12.6 Å². The zero-order chi connectivity index (χ0) is 17.8. The highest BCUT2D eigenvalue weighted by atomic mass is 19.1. The first-order valence-electron chi connectivity index (χ1n) is 7.57. The lowest BCUT2D eigenvalue weighted by atomic mass is 10.2. The predicted molar refractivity (Wildman–Crippen MR) is 85.6 cm³/mol. The molecule has 1 atom stereocenters. The highest BCUT2D eigenvalue weighted by Gasteiger charge is 2.33. The number of benzene rings is 2. The van der Waals surface area contributed by atoms with Crippen molar-refractivity contribution in [2.75, 3.05) is 6.54 Å². The van der Waals surface area contributed by atoms with Crippen molar-refractivity contribution in [3.63, 3.8) is 0 Å². The van der Waals surface area contributed by atoms with E-state index in [1.165, 1.54) is 34.6 Å². The Morgan fingerprint density at radius 1 is 1.20 bits per heavy atom. The maximum absolute atomic E-state index is 12.9. The molecular formula is C17H16FN3O4. The summed E-state index contributed by atoms with van der Waals surface area (Å²) in [5, 5.41) is 11.1. The molecule has 2 aromatic carbocycles. The fourth-order valence-corrected chi connectivity index (χ4v) is 2.47. The fourth-order valence-electron chi connectivity index (χ4n) is 2.47. The van der Waals surface area contributed by atoms with Crippen LogP contribution in [0.15, 0.2) is 48.5 Å². The number of hydrogen-bond donors (Lipinski definition) is 3. The number of carbonyl (C=O) groups excluding carboxylic acids is 2. The molecule has 0 aromatic heterocycles. The molecule has 2 aromatic rings. The summed E-state index contributed by atoms with van der Waals surface area (Å²) in [6, 6.07) is 11.6. The molecule has 1 fully saturated rings. The summed E-state index contributed by atoms with van der Waals surface area (Å²) in [6.45, 7) is 0.483. The number of carbonyl (C=O) groups is 2. The summed E-state index contributed by atoms with van der Waals surface area (Å²) in [4.78, 5) is 24.7. The molecule has 1 unspecified atom stereocenters. The van der Waals surface area contributed by atoms with Crippen molar-refractivity contribution in [3.8, 4) is 11.5 Å². The number of urea groups is 1. The second kappa shape index (κ2) is 7.18. The minimum atomic E-state index is -0.779. The number of hydroxylamine groups is 1. The Morgan fingerprint density at radius 3 is 2.40 bits per heavy atom. The first-order chi connectivity index (χ1) is 12.0. The summed E-state index contributed by atoms with van der Waals surface area (Å²) in [7, 11) is 0. The van der Waals surface area contributed by atoms with Crippen molar-refractivity contribution in [2.24, 2.45) is 0 Å². The van der Waals surface area contributed by atoms with E-state index in [1.807, 2.05) is 0 Å². The fraction of sp³-hybridized carbons (Fsp3) is 0.176. The van der Waals surface area contributed by atoms with Crippen LogP contribution in [0.5, 0.6) is 11.5 Å². The molecule has 3 N–H and O–H groups in total. The van der Waals surface area contributed by atoms with Crippen molar-refractivity contribution >= 4 is 11.9 Å². The minimum absolute atomic E-state index is 0.166. The van der Waals surface area contributed by atoms with Crippen LogP contribution in [-0.2, 0) is 11.3 Å². The van der Waals surface area contributed by atoms with E-state index in [9.17, 15) is 14.0 Å². The van der Waals surface area contributed by atoms with E-state index in [2.05, 4.69) is 5.32 Å². The molecule has 25 heavy (non-hydrogen) atoms. The Hall–Kier alpha value is -3.13. The van der Waals surface area contributed by atoms with E-state index < -0.39 is 11.9 Å². The van der Waals surface area contributed by atoms with Gasteiger partial charge < -0.3 is 15.0 Å². The largest absolute Gasteiger partial charge is 0.457 e. The highest BCUT2D eigenvalue weighted by molar-refractivity contribution is 5.89. The second-order valence-corrected chi connectivity index (χ2v) is 5.56. The van der Waals surface area contributed by atoms with E-state index in [-0.39, 0.29) is 18.4 Å². The number of nitrogens with one attached hydrogen (secondary N) is 2. The molecule has 3 amide bonds. The van der Waals surface area contributed by atoms with Crippen molar-refractivity contribution in [1.82, 2.24) is 15.7 Å². The van der Waals surface area contributed by atoms with Crippen LogP contribution >= 0.6 is 0 Å². The number of hydrogen-bond acceptors (Lipinski definition) is 4. The summed E-state index contributed by atoms with van der Waals surface area (Å²) in [5.74, 6) is 0.114. The highest BCUT2D eigenvalue weighted by Crippen LogP contribution is 2.22. The monoisotopic (exact) mass is 345 g/mol. The van der Waals surface area contributed by atoms with Crippen LogP contribution in [0.3, 0.4) is 0 Å². The molecule has 0 radical (unpaired) electrons. The third-order valence-electron chi connectivity index (χ3n) is 3.76. The lowest BCUT2D eigenvalue weighted by molar-refractivity contribution is -0.130. The zero-order valence-electron chi connectivity index (χ0n) is 13.1. The molecule has 0 bridgehead atoms. The number of halogens is 1. The minimum Gasteiger partial charge on any atom is -0.457 e. The first kappa shape index (κ1) is 16.7. The molecule has 1 heterocycles. The van der Waals surface area contributed by atoms with Gasteiger partial charge in [0.25, 0.3) is 5.91 Å². The van der Waals surface area contributed by atoms with Gasteiger partial charge in [-0.2, -0.15) is 0 Å². The molecular weight excluding hydrogens is 329 g/mol. The molecule has 0 spiro atoms. The van der Waals surface area contributed by atoms with Gasteiger partial charge in [-0.05, 0) is 42.0 Å². The van der Waals surface area contributed by atoms with Crippen LogP contribution in [0.4, 0.5) is 9.18 Å². The number of ether oxygens (including phenoxy) is 1. The standard InChI is InChI=1S/C17H16FN3O4/c18-12-3-7-14(8-4-12)25-13-5-1-11(2-6-13)9-21-10-15(16(22)20-24)19-17(21)23/h1-8,15,24H,9-10H2,(H,19,23)(H,20,22). The average Bonchev–Trinajstić information content (AvgIpc) is 2.98. The van der Waals surface area contributed by atoms with Crippen LogP contribution in [0.1, 0.15) is 5.56 Å². The molecule has 0 aliphatic carbocycles. The van der Waals surface area contributed by atoms with Gasteiger partial charge in [-0.25, -0.2) is 14.7 Å². The average molecular weight is 345 g/mol. The molecule has 1 aliphatic heterocycles. The topological polar surface area (TPSA) is 90.9 Å². The maximum Gasteiger partial charge on any atom is 0.318 e. The SMILES string of the molecule is O=C(NO)C1CN(Cc2ccc(Oc3ccc(F)cc3)cc2)C(=O)N1. The van der Waals surface area contributed by atoms with Gasteiger partial charge in [0, 0.05) is 6.54 Å². The third kappa shape index (κ3) is 4.04. The van der Waals surface area contributed by atoms with Crippen molar-refractivity contribution < 1.29 is 23.9 Å². The molecule has 0 saturated carbocycles. The Balaban J connectivity index is 1.60. The van der Waals surface area contributed by atoms with Gasteiger partial charge in [-0.3, -0.25) is 10.0 Å². The summed E-state index contributed by atoms with van der Waals surface area (Å²) >= 11 is 0.